The molecule has 1 aromatic carbocycles. The molecule has 1 amide bonds. The lowest BCUT2D eigenvalue weighted by atomic mass is 10.2. The van der Waals surface area contributed by atoms with Crippen LogP contribution in [-0.4, -0.2) is 67.0 Å². The molecule has 0 atom stereocenters. The molecule has 3 rings (SSSR count). The monoisotopic (exact) mass is 408 g/mol. The Labute approximate surface area is 169 Å². The fourth-order valence-electron chi connectivity index (χ4n) is 3.08. The Morgan fingerprint density at radius 2 is 1.64 bits per heavy atom. The maximum absolute atomic E-state index is 12.3. The van der Waals surface area contributed by atoms with Crippen LogP contribution in [0, 0.1) is 0 Å². The standard InChI is InChI=1S/C19H25ClN4O4/c1-19(2,3)28-18(25)24-8-6-23(7-9-24)16-12-10-14(26-4)15(27-5)11-13(12)21-17(20)22-16/h10-11H,6-9H2,1-5H3. The second-order valence-corrected chi connectivity index (χ2v) is 7.83. The highest BCUT2D eigenvalue weighted by atomic mass is 35.5. The van der Waals surface area contributed by atoms with Crippen LogP contribution in [0.15, 0.2) is 12.1 Å². The Morgan fingerprint density at radius 3 is 2.21 bits per heavy atom. The number of rotatable bonds is 3. The van der Waals surface area contributed by atoms with Gasteiger partial charge < -0.3 is 24.0 Å². The molecule has 0 spiro atoms. The molecule has 0 aliphatic carbocycles. The van der Waals surface area contributed by atoms with Gasteiger partial charge in [0.2, 0.25) is 5.28 Å². The number of carbonyl (C=O) groups is 1. The summed E-state index contributed by atoms with van der Waals surface area (Å²) in [5, 5.41) is 0.969. The summed E-state index contributed by atoms with van der Waals surface area (Å²) in [7, 11) is 3.16. The number of hydrogen-bond donors (Lipinski definition) is 0. The molecule has 1 saturated heterocycles. The zero-order valence-corrected chi connectivity index (χ0v) is 17.5. The van der Waals surface area contributed by atoms with Crippen LogP contribution >= 0.6 is 11.6 Å². The fourth-order valence-corrected chi connectivity index (χ4v) is 3.25. The van der Waals surface area contributed by atoms with E-state index >= 15 is 0 Å². The van der Waals surface area contributed by atoms with Crippen molar-refractivity contribution in [3.05, 3.63) is 17.4 Å². The van der Waals surface area contributed by atoms with Gasteiger partial charge >= 0.3 is 6.09 Å². The zero-order valence-electron chi connectivity index (χ0n) is 16.8. The van der Waals surface area contributed by atoms with E-state index in [9.17, 15) is 4.79 Å². The summed E-state index contributed by atoms with van der Waals surface area (Å²) in [5.41, 5.74) is 0.155. The second kappa shape index (κ2) is 7.87. The minimum atomic E-state index is -0.514. The number of nitrogens with zero attached hydrogens (tertiary/aromatic N) is 4. The molecule has 1 aliphatic heterocycles. The summed E-state index contributed by atoms with van der Waals surface area (Å²) in [6.45, 7) is 7.86. The first-order chi connectivity index (χ1) is 13.2. The predicted octanol–water partition coefficient (Wildman–Crippen LogP) is 3.36. The molecule has 9 heteroatoms. The quantitative estimate of drug-likeness (QED) is 0.720. The number of halogens is 1. The number of anilines is 1. The van der Waals surface area contributed by atoms with Gasteiger partial charge in [0.25, 0.3) is 0 Å². The Bertz CT molecular complexity index is 876. The van der Waals surface area contributed by atoms with E-state index in [4.69, 9.17) is 25.8 Å². The number of hydrogen-bond acceptors (Lipinski definition) is 7. The molecule has 28 heavy (non-hydrogen) atoms. The number of piperazine rings is 1. The molecule has 2 aromatic rings. The fraction of sp³-hybridized carbons (Fsp3) is 0.526. The van der Waals surface area contributed by atoms with Crippen molar-refractivity contribution in [1.82, 2.24) is 14.9 Å². The van der Waals surface area contributed by atoms with Gasteiger partial charge in [-0.15, -0.1) is 0 Å². The lowest BCUT2D eigenvalue weighted by Gasteiger charge is -2.36. The van der Waals surface area contributed by atoms with E-state index in [2.05, 4.69) is 14.9 Å². The van der Waals surface area contributed by atoms with Crippen molar-refractivity contribution in [3.63, 3.8) is 0 Å². The Hall–Kier alpha value is -2.48. The molecule has 1 aliphatic rings. The van der Waals surface area contributed by atoms with Gasteiger partial charge in [-0.3, -0.25) is 0 Å². The number of methoxy groups -OCH3 is 2. The van der Waals surface area contributed by atoms with Gasteiger partial charge in [-0.05, 0) is 38.4 Å². The smallest absolute Gasteiger partial charge is 0.410 e. The maximum atomic E-state index is 12.3. The first kappa shape index (κ1) is 20.3. The number of aromatic nitrogens is 2. The Balaban J connectivity index is 1.85. The van der Waals surface area contributed by atoms with Crippen LogP contribution in [0.5, 0.6) is 11.5 Å². The van der Waals surface area contributed by atoms with E-state index in [1.165, 1.54) is 0 Å². The lowest BCUT2D eigenvalue weighted by molar-refractivity contribution is 0.0240. The highest BCUT2D eigenvalue weighted by molar-refractivity contribution is 6.28. The first-order valence-corrected chi connectivity index (χ1v) is 9.42. The Morgan fingerprint density at radius 1 is 1.04 bits per heavy atom. The number of fused-ring (bicyclic) bond motifs is 1. The summed E-state index contributed by atoms with van der Waals surface area (Å²) in [4.78, 5) is 24.8. The van der Waals surface area contributed by atoms with Crippen molar-refractivity contribution in [1.29, 1.82) is 0 Å². The Kier molecular flexibility index (Phi) is 5.69. The van der Waals surface area contributed by atoms with Crippen molar-refractivity contribution in [3.8, 4) is 11.5 Å². The molecule has 152 valence electrons. The van der Waals surface area contributed by atoms with Crippen LogP contribution in [0.3, 0.4) is 0 Å². The van der Waals surface area contributed by atoms with Crippen LogP contribution in [0.1, 0.15) is 20.8 Å². The second-order valence-electron chi connectivity index (χ2n) is 7.50. The topological polar surface area (TPSA) is 77.0 Å². The van der Waals surface area contributed by atoms with E-state index in [1.807, 2.05) is 26.8 Å². The van der Waals surface area contributed by atoms with Gasteiger partial charge in [-0.25, -0.2) is 9.78 Å². The largest absolute Gasteiger partial charge is 0.493 e. The predicted molar refractivity (Wildman–Crippen MR) is 108 cm³/mol. The molecule has 0 saturated carbocycles. The number of amides is 1. The minimum absolute atomic E-state index is 0.157. The molecule has 0 radical (unpaired) electrons. The van der Waals surface area contributed by atoms with Crippen molar-refractivity contribution in [2.45, 2.75) is 26.4 Å². The van der Waals surface area contributed by atoms with E-state index < -0.39 is 5.60 Å². The molecule has 1 fully saturated rings. The van der Waals surface area contributed by atoms with Crippen molar-refractivity contribution >= 4 is 34.4 Å². The third kappa shape index (κ3) is 4.32. The SMILES string of the molecule is COc1cc2nc(Cl)nc(N3CCN(C(=O)OC(C)(C)C)CC3)c2cc1OC. The summed E-state index contributed by atoms with van der Waals surface area (Å²) in [5.74, 6) is 1.87. The molecule has 8 nitrogen and oxygen atoms in total. The molecule has 0 bridgehead atoms. The minimum Gasteiger partial charge on any atom is -0.493 e. The average molecular weight is 409 g/mol. The van der Waals surface area contributed by atoms with Gasteiger partial charge in [-0.1, -0.05) is 0 Å². The van der Waals surface area contributed by atoms with E-state index in [0.29, 0.717) is 49.0 Å². The van der Waals surface area contributed by atoms with Crippen LogP contribution in [0.4, 0.5) is 10.6 Å². The summed E-state index contributed by atoms with van der Waals surface area (Å²) in [6, 6.07) is 3.63. The molecule has 0 N–H and O–H groups in total. The maximum Gasteiger partial charge on any atom is 0.410 e. The summed E-state index contributed by atoms with van der Waals surface area (Å²) < 4.78 is 16.2. The van der Waals surface area contributed by atoms with Crippen molar-refractivity contribution in [2.24, 2.45) is 0 Å². The third-order valence-electron chi connectivity index (χ3n) is 4.38. The molecule has 1 aromatic heterocycles. The molecular formula is C19H25ClN4O4. The molecular weight excluding hydrogens is 384 g/mol. The van der Waals surface area contributed by atoms with E-state index in [-0.39, 0.29) is 11.4 Å². The van der Waals surface area contributed by atoms with Crippen molar-refractivity contribution in [2.75, 3.05) is 45.3 Å². The zero-order chi connectivity index (χ0) is 20.5. The van der Waals surface area contributed by atoms with E-state index in [1.54, 1.807) is 25.2 Å². The van der Waals surface area contributed by atoms with E-state index in [0.717, 1.165) is 5.39 Å². The van der Waals surface area contributed by atoms with Crippen LogP contribution < -0.4 is 14.4 Å². The number of benzene rings is 1. The molecule has 2 heterocycles. The highest BCUT2D eigenvalue weighted by Crippen LogP contribution is 2.36. The highest BCUT2D eigenvalue weighted by Gasteiger charge is 2.27. The number of ether oxygens (including phenoxy) is 3. The van der Waals surface area contributed by atoms with Crippen LogP contribution in [-0.2, 0) is 4.74 Å². The average Bonchev–Trinajstić information content (AvgIpc) is 2.65. The van der Waals surface area contributed by atoms with Gasteiger partial charge in [-0.2, -0.15) is 4.98 Å². The van der Waals surface area contributed by atoms with Crippen LogP contribution in [0.25, 0.3) is 10.9 Å². The third-order valence-corrected chi connectivity index (χ3v) is 4.55. The molecule has 0 unspecified atom stereocenters. The summed E-state index contributed by atoms with van der Waals surface area (Å²) in [6.07, 6.45) is -0.302. The van der Waals surface area contributed by atoms with Crippen LogP contribution in [0.2, 0.25) is 5.28 Å². The van der Waals surface area contributed by atoms with Gasteiger partial charge in [0.05, 0.1) is 19.7 Å². The van der Waals surface area contributed by atoms with Gasteiger partial charge in [0, 0.05) is 37.6 Å². The van der Waals surface area contributed by atoms with Gasteiger partial charge in [0.1, 0.15) is 11.4 Å². The van der Waals surface area contributed by atoms with Crippen molar-refractivity contribution < 1.29 is 19.0 Å². The lowest BCUT2D eigenvalue weighted by Crippen LogP contribution is -2.50. The normalized spacial score (nSPS) is 14.9. The first-order valence-electron chi connectivity index (χ1n) is 9.04. The number of carbonyl (C=O) groups excluding carboxylic acids is 1. The van der Waals surface area contributed by atoms with Gasteiger partial charge in [0.15, 0.2) is 11.5 Å². The summed E-state index contributed by atoms with van der Waals surface area (Å²) >= 11 is 6.16.